The van der Waals surface area contributed by atoms with Crippen LogP contribution in [-0.2, 0) is 10.0 Å². The number of pyridine rings is 1. The summed E-state index contributed by atoms with van der Waals surface area (Å²) < 4.78 is 35.3. The molecule has 0 atom stereocenters. The number of aryl methyl sites for hydroxylation is 1. The van der Waals surface area contributed by atoms with E-state index in [1.54, 1.807) is 60.8 Å². The number of hydrogen-bond donors (Lipinski definition) is 0. The maximum atomic E-state index is 12.9. The lowest BCUT2D eigenvalue weighted by molar-refractivity contribution is 0.559. The van der Waals surface area contributed by atoms with Gasteiger partial charge in [-0.2, -0.15) is 12.8 Å². The van der Waals surface area contributed by atoms with Crippen LogP contribution in [0.15, 0.2) is 97.6 Å². The highest BCUT2D eigenvalue weighted by Crippen LogP contribution is 2.19. The third-order valence-corrected chi connectivity index (χ3v) is 5.65. The predicted octanol–water partition coefficient (Wildman–Crippen LogP) is 3.72. The maximum Gasteiger partial charge on any atom is 0.345 e. The molecule has 0 bridgehead atoms. The highest BCUT2D eigenvalue weighted by Gasteiger charge is 2.20. The molecular weight excluding hydrogens is 388 g/mol. The van der Waals surface area contributed by atoms with Crippen molar-refractivity contribution in [2.75, 3.05) is 0 Å². The Labute approximate surface area is 167 Å². The van der Waals surface area contributed by atoms with Crippen LogP contribution < -0.4 is 5.63 Å². The number of sulfonamides is 1. The first-order chi connectivity index (χ1) is 13.9. The van der Waals surface area contributed by atoms with E-state index in [-0.39, 0.29) is 16.2 Å². The average Bonchev–Trinajstić information content (AvgIpc) is 2.73. The fraction of sp³-hybridized carbons (Fsp3) is 0.0455. The molecule has 7 heteroatoms. The molecule has 0 saturated carbocycles. The Hall–Kier alpha value is -3.58. The average molecular weight is 404 g/mol. The van der Waals surface area contributed by atoms with Crippen molar-refractivity contribution in [2.24, 2.45) is 4.40 Å². The number of para-hydroxylation sites is 1. The molecule has 2 heterocycles. The van der Waals surface area contributed by atoms with Crippen LogP contribution in [0, 0.1) is 6.92 Å². The van der Waals surface area contributed by atoms with Gasteiger partial charge in [0.2, 0.25) is 0 Å². The standard InChI is InChI=1S/C22H16N2O4S/c1-15-8-10-18(11-9-15)29(26,27)24-21(17-6-4-12-23-14-17)19-13-16-5-2-3-7-20(16)28-22(19)25/h2-14H,1H3/b24-21+. The molecule has 0 aliphatic heterocycles. The normalized spacial score (nSPS) is 12.2. The van der Waals surface area contributed by atoms with Crippen LogP contribution in [0.1, 0.15) is 16.7 Å². The Morgan fingerprint density at radius 2 is 1.76 bits per heavy atom. The van der Waals surface area contributed by atoms with Crippen molar-refractivity contribution in [3.05, 3.63) is 106 Å². The van der Waals surface area contributed by atoms with E-state index in [0.29, 0.717) is 16.5 Å². The fourth-order valence-electron chi connectivity index (χ4n) is 2.87. The Balaban J connectivity index is 1.97. The fourth-order valence-corrected chi connectivity index (χ4v) is 3.90. The summed E-state index contributed by atoms with van der Waals surface area (Å²) in [7, 11) is -4.06. The number of rotatable bonds is 4. The SMILES string of the molecule is Cc1ccc(S(=O)(=O)/N=C(\c2cccnc2)c2cc3ccccc3oc2=O)cc1. The van der Waals surface area contributed by atoms with Crippen LogP contribution in [0.4, 0.5) is 0 Å². The van der Waals surface area contributed by atoms with E-state index in [1.807, 2.05) is 6.92 Å². The molecule has 0 radical (unpaired) electrons. The van der Waals surface area contributed by atoms with Crippen LogP contribution in [0.25, 0.3) is 11.0 Å². The third-order valence-electron chi connectivity index (χ3n) is 4.36. The largest absolute Gasteiger partial charge is 0.422 e. The summed E-state index contributed by atoms with van der Waals surface area (Å²) in [6.07, 6.45) is 3.01. The number of hydrogen-bond acceptors (Lipinski definition) is 5. The number of fused-ring (bicyclic) bond motifs is 1. The van der Waals surface area contributed by atoms with Crippen molar-refractivity contribution in [1.82, 2.24) is 4.98 Å². The molecule has 0 spiro atoms. The van der Waals surface area contributed by atoms with Crippen molar-refractivity contribution in [1.29, 1.82) is 0 Å². The van der Waals surface area contributed by atoms with Crippen LogP contribution in [0.3, 0.4) is 0 Å². The highest BCUT2D eigenvalue weighted by atomic mass is 32.2. The van der Waals surface area contributed by atoms with Crippen LogP contribution in [0.5, 0.6) is 0 Å². The van der Waals surface area contributed by atoms with Crippen LogP contribution in [-0.4, -0.2) is 19.1 Å². The van der Waals surface area contributed by atoms with Gasteiger partial charge in [0.25, 0.3) is 10.0 Å². The van der Waals surface area contributed by atoms with Gasteiger partial charge < -0.3 is 4.42 Å². The first-order valence-corrected chi connectivity index (χ1v) is 10.2. The third kappa shape index (κ3) is 3.86. The Bertz CT molecular complexity index is 1370. The maximum absolute atomic E-state index is 12.9. The molecule has 0 unspecified atom stereocenters. The van der Waals surface area contributed by atoms with Crippen LogP contribution in [0.2, 0.25) is 0 Å². The van der Waals surface area contributed by atoms with E-state index < -0.39 is 15.6 Å². The van der Waals surface area contributed by atoms with Gasteiger partial charge in [-0.05, 0) is 43.3 Å². The number of aromatic nitrogens is 1. The Kier molecular flexibility index (Phi) is 4.82. The summed E-state index contributed by atoms with van der Waals surface area (Å²) in [5, 5.41) is 0.659. The molecule has 2 aromatic heterocycles. The highest BCUT2D eigenvalue weighted by molar-refractivity contribution is 7.90. The summed E-state index contributed by atoms with van der Waals surface area (Å²) in [4.78, 5) is 16.7. The minimum absolute atomic E-state index is 0.0156. The van der Waals surface area contributed by atoms with Crippen molar-refractivity contribution < 1.29 is 12.8 Å². The van der Waals surface area contributed by atoms with Gasteiger partial charge in [0.15, 0.2) is 0 Å². The Morgan fingerprint density at radius 1 is 1.00 bits per heavy atom. The van der Waals surface area contributed by atoms with Crippen molar-refractivity contribution in [3.8, 4) is 0 Å². The van der Waals surface area contributed by atoms with Crippen LogP contribution >= 0.6 is 0 Å². The van der Waals surface area contributed by atoms with E-state index in [2.05, 4.69) is 9.38 Å². The van der Waals surface area contributed by atoms with Gasteiger partial charge in [-0.3, -0.25) is 4.98 Å². The Morgan fingerprint density at radius 3 is 2.48 bits per heavy atom. The molecule has 6 nitrogen and oxygen atoms in total. The van der Waals surface area contributed by atoms with Gasteiger partial charge in [0.05, 0.1) is 16.2 Å². The molecule has 0 N–H and O–H groups in total. The monoisotopic (exact) mass is 404 g/mol. The molecule has 0 aliphatic carbocycles. The smallest absolute Gasteiger partial charge is 0.345 e. The first-order valence-electron chi connectivity index (χ1n) is 8.79. The molecule has 0 fully saturated rings. The van der Waals surface area contributed by atoms with Gasteiger partial charge in [0, 0.05) is 23.3 Å². The molecule has 0 aliphatic rings. The molecule has 144 valence electrons. The summed E-state index contributed by atoms with van der Waals surface area (Å²) >= 11 is 0. The quantitative estimate of drug-likeness (QED) is 0.382. The zero-order valence-corrected chi connectivity index (χ0v) is 16.3. The topological polar surface area (TPSA) is 89.6 Å². The van der Waals surface area contributed by atoms with Crippen molar-refractivity contribution >= 4 is 26.7 Å². The van der Waals surface area contributed by atoms with E-state index in [9.17, 15) is 13.2 Å². The molecule has 4 aromatic rings. The second-order valence-electron chi connectivity index (χ2n) is 6.46. The van der Waals surface area contributed by atoms with Gasteiger partial charge in [0.1, 0.15) is 5.58 Å². The van der Waals surface area contributed by atoms with Crippen molar-refractivity contribution in [2.45, 2.75) is 11.8 Å². The summed E-state index contributed by atoms with van der Waals surface area (Å²) in [6, 6.07) is 18.2. The molecule has 4 rings (SSSR count). The molecular formula is C22H16N2O4S. The second-order valence-corrected chi connectivity index (χ2v) is 8.06. The lowest BCUT2D eigenvalue weighted by Crippen LogP contribution is -2.18. The summed E-state index contributed by atoms with van der Waals surface area (Å²) in [5.41, 5.74) is 1.09. The lowest BCUT2D eigenvalue weighted by Gasteiger charge is -2.08. The van der Waals surface area contributed by atoms with E-state index in [0.717, 1.165) is 5.56 Å². The lowest BCUT2D eigenvalue weighted by atomic mass is 10.0. The van der Waals surface area contributed by atoms with Gasteiger partial charge in [-0.1, -0.05) is 35.9 Å². The molecule has 0 amide bonds. The minimum atomic E-state index is -4.06. The summed E-state index contributed by atoms with van der Waals surface area (Å²) in [6.45, 7) is 1.86. The molecule has 0 saturated heterocycles. The molecule has 2 aromatic carbocycles. The predicted molar refractivity (Wildman–Crippen MR) is 111 cm³/mol. The second kappa shape index (κ2) is 7.44. The van der Waals surface area contributed by atoms with Gasteiger partial charge in [-0.25, -0.2) is 4.79 Å². The first kappa shape index (κ1) is 18.8. The summed E-state index contributed by atoms with van der Waals surface area (Å²) in [5.74, 6) is 0. The van der Waals surface area contributed by atoms with Gasteiger partial charge >= 0.3 is 5.63 Å². The van der Waals surface area contributed by atoms with Gasteiger partial charge in [-0.15, -0.1) is 0 Å². The molecule has 29 heavy (non-hydrogen) atoms. The van der Waals surface area contributed by atoms with Crippen molar-refractivity contribution in [3.63, 3.8) is 0 Å². The number of nitrogens with zero attached hydrogens (tertiary/aromatic N) is 2. The zero-order chi connectivity index (χ0) is 20.4. The van der Waals surface area contributed by atoms with E-state index in [4.69, 9.17) is 4.42 Å². The van der Waals surface area contributed by atoms with E-state index >= 15 is 0 Å². The van der Waals surface area contributed by atoms with E-state index in [1.165, 1.54) is 18.3 Å². The number of benzene rings is 2. The zero-order valence-electron chi connectivity index (χ0n) is 15.4. The minimum Gasteiger partial charge on any atom is -0.422 e.